The van der Waals surface area contributed by atoms with Crippen molar-refractivity contribution < 1.29 is 14.3 Å². The van der Waals surface area contributed by atoms with Crippen molar-refractivity contribution in [2.75, 3.05) is 37.7 Å². The summed E-state index contributed by atoms with van der Waals surface area (Å²) in [6, 6.07) is 18.0. The summed E-state index contributed by atoms with van der Waals surface area (Å²) >= 11 is 0. The number of piperazine rings is 1. The van der Waals surface area contributed by atoms with E-state index in [9.17, 15) is 9.59 Å². The van der Waals surface area contributed by atoms with E-state index in [0.717, 1.165) is 25.9 Å². The Morgan fingerprint density at radius 2 is 1.50 bits per heavy atom. The van der Waals surface area contributed by atoms with Crippen LogP contribution in [0.3, 0.4) is 0 Å². The van der Waals surface area contributed by atoms with Crippen molar-refractivity contribution in [3.63, 3.8) is 0 Å². The van der Waals surface area contributed by atoms with Gasteiger partial charge in [0.1, 0.15) is 5.75 Å². The van der Waals surface area contributed by atoms with E-state index in [-0.39, 0.29) is 30.5 Å². The van der Waals surface area contributed by atoms with Gasteiger partial charge in [0.2, 0.25) is 0 Å². The molecule has 2 unspecified atom stereocenters. The van der Waals surface area contributed by atoms with Crippen LogP contribution in [0.5, 0.6) is 5.75 Å². The molecule has 2 aromatic rings. The highest BCUT2D eigenvalue weighted by Crippen LogP contribution is 2.23. The molecule has 2 amide bonds. The molecule has 2 saturated heterocycles. The number of carbonyl (C=O) groups is 2. The second-order valence-corrected chi connectivity index (χ2v) is 8.86. The fraction of sp³-hybridized carbons (Fsp3) is 0.462. The largest absolute Gasteiger partial charge is 0.484 e. The Balaban J connectivity index is 1.28. The Morgan fingerprint density at radius 1 is 0.875 bits per heavy atom. The Labute approximate surface area is 190 Å². The predicted molar refractivity (Wildman–Crippen MR) is 126 cm³/mol. The summed E-state index contributed by atoms with van der Waals surface area (Å²) in [5, 5.41) is 0. The van der Waals surface area contributed by atoms with Gasteiger partial charge in [0, 0.05) is 49.5 Å². The van der Waals surface area contributed by atoms with Gasteiger partial charge in [-0.2, -0.15) is 0 Å². The predicted octanol–water partition coefficient (Wildman–Crippen LogP) is 3.82. The van der Waals surface area contributed by atoms with E-state index in [1.165, 1.54) is 12.1 Å². The number of hydrogen-bond donors (Lipinski definition) is 0. The Hall–Kier alpha value is -3.02. The summed E-state index contributed by atoms with van der Waals surface area (Å²) in [6.45, 7) is 7.29. The SMILES string of the molecule is CC1CCCC(C)N1C(=O)COc1ccc(C(=O)N2CCN(c3ccccc3)CC2)cc1. The first-order valence-corrected chi connectivity index (χ1v) is 11.7. The van der Waals surface area contributed by atoms with Gasteiger partial charge in [-0.05, 0) is 69.5 Å². The minimum Gasteiger partial charge on any atom is -0.484 e. The van der Waals surface area contributed by atoms with Gasteiger partial charge in [-0.3, -0.25) is 9.59 Å². The number of rotatable bonds is 5. The molecule has 2 aromatic carbocycles. The van der Waals surface area contributed by atoms with Crippen molar-refractivity contribution >= 4 is 17.5 Å². The van der Waals surface area contributed by atoms with Gasteiger partial charge < -0.3 is 19.4 Å². The molecule has 0 N–H and O–H groups in total. The molecular formula is C26H33N3O3. The third-order valence-corrected chi connectivity index (χ3v) is 6.63. The number of benzene rings is 2. The van der Waals surface area contributed by atoms with Crippen LogP contribution in [0.25, 0.3) is 0 Å². The Kier molecular flexibility index (Phi) is 6.98. The van der Waals surface area contributed by atoms with Crippen LogP contribution in [0.15, 0.2) is 54.6 Å². The molecular weight excluding hydrogens is 402 g/mol. The highest BCUT2D eigenvalue weighted by atomic mass is 16.5. The standard InChI is InChI=1S/C26H33N3O3/c1-20-7-6-8-21(2)29(20)25(30)19-32-24-13-11-22(12-14-24)26(31)28-17-15-27(16-18-28)23-9-4-3-5-10-23/h3-5,9-14,20-21H,6-8,15-19H2,1-2H3. The molecule has 2 aliphatic rings. The van der Waals surface area contributed by atoms with E-state index >= 15 is 0 Å². The van der Waals surface area contributed by atoms with Crippen LogP contribution in [-0.2, 0) is 4.79 Å². The number of ether oxygens (including phenoxy) is 1. The van der Waals surface area contributed by atoms with E-state index in [1.54, 1.807) is 24.3 Å². The van der Waals surface area contributed by atoms with Crippen molar-refractivity contribution in [2.45, 2.75) is 45.2 Å². The first kappa shape index (κ1) is 22.2. The average Bonchev–Trinajstić information content (AvgIpc) is 2.83. The highest BCUT2D eigenvalue weighted by molar-refractivity contribution is 5.94. The summed E-state index contributed by atoms with van der Waals surface area (Å²) in [5.74, 6) is 0.679. The molecule has 2 aliphatic heterocycles. The lowest BCUT2D eigenvalue weighted by Gasteiger charge is -2.39. The summed E-state index contributed by atoms with van der Waals surface area (Å²) in [7, 11) is 0. The van der Waals surface area contributed by atoms with Gasteiger partial charge in [-0.25, -0.2) is 0 Å². The molecule has 2 atom stereocenters. The molecule has 6 heteroatoms. The quantitative estimate of drug-likeness (QED) is 0.717. The normalized spacial score (nSPS) is 21.4. The van der Waals surface area contributed by atoms with Crippen molar-refractivity contribution in [3.05, 3.63) is 60.2 Å². The van der Waals surface area contributed by atoms with E-state index in [2.05, 4.69) is 30.9 Å². The number of carbonyl (C=O) groups excluding carboxylic acids is 2. The van der Waals surface area contributed by atoms with Crippen LogP contribution in [0.4, 0.5) is 5.69 Å². The van der Waals surface area contributed by atoms with Crippen molar-refractivity contribution in [1.82, 2.24) is 9.80 Å². The maximum absolute atomic E-state index is 12.9. The number of likely N-dealkylation sites (tertiary alicyclic amines) is 1. The van der Waals surface area contributed by atoms with E-state index < -0.39 is 0 Å². The number of amides is 2. The summed E-state index contributed by atoms with van der Waals surface area (Å²) in [5.41, 5.74) is 1.85. The zero-order valence-electron chi connectivity index (χ0n) is 19.1. The summed E-state index contributed by atoms with van der Waals surface area (Å²) in [4.78, 5) is 31.7. The molecule has 0 aliphatic carbocycles. The molecule has 0 saturated carbocycles. The maximum atomic E-state index is 12.9. The van der Waals surface area contributed by atoms with Crippen molar-refractivity contribution in [2.24, 2.45) is 0 Å². The zero-order chi connectivity index (χ0) is 22.5. The molecule has 2 heterocycles. The van der Waals surface area contributed by atoms with Crippen molar-refractivity contribution in [3.8, 4) is 5.75 Å². The smallest absolute Gasteiger partial charge is 0.260 e. The fourth-order valence-corrected chi connectivity index (χ4v) is 4.82. The molecule has 0 radical (unpaired) electrons. The highest BCUT2D eigenvalue weighted by Gasteiger charge is 2.29. The van der Waals surface area contributed by atoms with Gasteiger partial charge in [0.25, 0.3) is 11.8 Å². The molecule has 0 bridgehead atoms. The first-order valence-electron chi connectivity index (χ1n) is 11.7. The molecule has 4 rings (SSSR count). The second-order valence-electron chi connectivity index (χ2n) is 8.86. The van der Waals surface area contributed by atoms with Crippen molar-refractivity contribution in [1.29, 1.82) is 0 Å². The summed E-state index contributed by atoms with van der Waals surface area (Å²) < 4.78 is 5.74. The van der Waals surface area contributed by atoms with Crippen LogP contribution in [-0.4, -0.2) is 66.5 Å². The van der Waals surface area contributed by atoms with Gasteiger partial charge in [-0.15, -0.1) is 0 Å². The number of nitrogens with zero attached hydrogens (tertiary/aromatic N) is 3. The average molecular weight is 436 g/mol. The molecule has 170 valence electrons. The van der Waals surface area contributed by atoms with Gasteiger partial charge in [-0.1, -0.05) is 18.2 Å². The topological polar surface area (TPSA) is 53.1 Å². The zero-order valence-corrected chi connectivity index (χ0v) is 19.1. The lowest BCUT2D eigenvalue weighted by Crippen LogP contribution is -2.49. The monoisotopic (exact) mass is 435 g/mol. The van der Waals surface area contributed by atoms with Crippen LogP contribution in [0.1, 0.15) is 43.5 Å². The molecule has 0 spiro atoms. The van der Waals surface area contributed by atoms with Crippen LogP contribution >= 0.6 is 0 Å². The van der Waals surface area contributed by atoms with Crippen LogP contribution in [0, 0.1) is 0 Å². The van der Waals surface area contributed by atoms with E-state index in [1.807, 2.05) is 28.0 Å². The third-order valence-electron chi connectivity index (χ3n) is 6.63. The fourth-order valence-electron chi connectivity index (χ4n) is 4.82. The van der Waals surface area contributed by atoms with Gasteiger partial charge in [0.15, 0.2) is 6.61 Å². The minimum absolute atomic E-state index is 0.0288. The number of hydrogen-bond acceptors (Lipinski definition) is 4. The maximum Gasteiger partial charge on any atom is 0.260 e. The number of anilines is 1. The lowest BCUT2D eigenvalue weighted by molar-refractivity contribution is -0.139. The molecule has 0 aromatic heterocycles. The lowest BCUT2D eigenvalue weighted by atomic mass is 9.97. The van der Waals surface area contributed by atoms with E-state index in [0.29, 0.717) is 24.4 Å². The molecule has 6 nitrogen and oxygen atoms in total. The number of piperidine rings is 1. The van der Waals surface area contributed by atoms with Crippen LogP contribution in [0.2, 0.25) is 0 Å². The molecule has 2 fully saturated rings. The van der Waals surface area contributed by atoms with Crippen LogP contribution < -0.4 is 9.64 Å². The van der Waals surface area contributed by atoms with Gasteiger partial charge in [0.05, 0.1) is 0 Å². The Bertz CT molecular complexity index is 898. The second kappa shape index (κ2) is 10.1. The third kappa shape index (κ3) is 5.06. The molecule has 32 heavy (non-hydrogen) atoms. The summed E-state index contributed by atoms with van der Waals surface area (Å²) in [6.07, 6.45) is 3.27. The van der Waals surface area contributed by atoms with Gasteiger partial charge >= 0.3 is 0 Å². The first-order chi connectivity index (χ1) is 15.5. The minimum atomic E-state index is 0.0288. The number of para-hydroxylation sites is 1. The van der Waals surface area contributed by atoms with E-state index in [4.69, 9.17) is 4.74 Å². The Morgan fingerprint density at radius 3 is 2.12 bits per heavy atom.